The monoisotopic (exact) mass is 188 g/mol. The van der Waals surface area contributed by atoms with Crippen LogP contribution < -0.4 is 0 Å². The number of hydrogen-bond acceptors (Lipinski definition) is 1. The molecule has 1 unspecified atom stereocenters. The third kappa shape index (κ3) is 1.12. The van der Waals surface area contributed by atoms with Crippen LogP contribution in [-0.4, -0.2) is 6.29 Å². The van der Waals surface area contributed by atoms with Crippen molar-refractivity contribution in [2.75, 3.05) is 0 Å². The maximum absolute atomic E-state index is 11.3. The summed E-state index contributed by atoms with van der Waals surface area (Å²) in [6.45, 7) is 4.27. The molecule has 0 spiro atoms. The van der Waals surface area contributed by atoms with Crippen LogP contribution in [0.15, 0.2) is 24.3 Å². The van der Waals surface area contributed by atoms with E-state index in [1.807, 2.05) is 6.07 Å². The van der Waals surface area contributed by atoms with Crippen LogP contribution in [0.5, 0.6) is 0 Å². The predicted octanol–water partition coefficient (Wildman–Crippen LogP) is 2.73. The molecular formula is C13H16O. The molecule has 2 rings (SSSR count). The van der Waals surface area contributed by atoms with Gasteiger partial charge in [0.25, 0.3) is 0 Å². The van der Waals surface area contributed by atoms with Gasteiger partial charge in [0.05, 0.1) is 5.41 Å². The summed E-state index contributed by atoms with van der Waals surface area (Å²) in [6.07, 6.45) is 3.18. The highest BCUT2D eigenvalue weighted by atomic mass is 16.1. The van der Waals surface area contributed by atoms with Crippen molar-refractivity contribution in [2.45, 2.75) is 32.1 Å². The Kier molecular flexibility index (Phi) is 2.18. The van der Waals surface area contributed by atoms with Gasteiger partial charge in [-0.2, -0.15) is 0 Å². The minimum absolute atomic E-state index is 0.212. The van der Waals surface area contributed by atoms with Crippen LogP contribution in [0.25, 0.3) is 0 Å². The molecule has 1 nitrogen and oxygen atoms in total. The van der Waals surface area contributed by atoms with Gasteiger partial charge >= 0.3 is 0 Å². The van der Waals surface area contributed by atoms with Crippen LogP contribution in [0.4, 0.5) is 0 Å². The molecule has 0 bridgehead atoms. The second-order valence-corrected chi connectivity index (χ2v) is 4.47. The first-order chi connectivity index (χ1) is 6.70. The molecule has 0 amide bonds. The summed E-state index contributed by atoms with van der Waals surface area (Å²) >= 11 is 0. The Morgan fingerprint density at radius 2 is 2.07 bits per heavy atom. The highest BCUT2D eigenvalue weighted by Crippen LogP contribution is 2.42. The molecule has 1 aliphatic rings. The Morgan fingerprint density at radius 3 is 2.71 bits per heavy atom. The lowest BCUT2D eigenvalue weighted by Gasteiger charge is -2.28. The van der Waals surface area contributed by atoms with Gasteiger partial charge < -0.3 is 4.79 Å². The zero-order valence-electron chi connectivity index (χ0n) is 8.79. The van der Waals surface area contributed by atoms with Gasteiger partial charge in [-0.3, -0.25) is 0 Å². The third-order valence-electron chi connectivity index (χ3n) is 3.57. The number of fused-ring (bicyclic) bond motifs is 1. The van der Waals surface area contributed by atoms with Gasteiger partial charge in [-0.1, -0.05) is 38.1 Å². The number of carbonyl (C=O) groups excluding carboxylic acids is 1. The van der Waals surface area contributed by atoms with E-state index in [9.17, 15) is 4.79 Å². The second-order valence-electron chi connectivity index (χ2n) is 4.47. The van der Waals surface area contributed by atoms with E-state index in [0.717, 1.165) is 19.1 Å². The summed E-state index contributed by atoms with van der Waals surface area (Å²) in [5.74, 6) is 0.392. The number of carbonyl (C=O) groups is 1. The zero-order chi connectivity index (χ0) is 10.2. The molecule has 1 aromatic rings. The Labute approximate surface area is 85.1 Å². The van der Waals surface area contributed by atoms with E-state index in [0.29, 0.717) is 5.92 Å². The average molecular weight is 188 g/mol. The molecule has 0 fully saturated rings. The van der Waals surface area contributed by atoms with Crippen molar-refractivity contribution in [3.8, 4) is 0 Å². The first-order valence-corrected chi connectivity index (χ1v) is 5.25. The van der Waals surface area contributed by atoms with E-state index >= 15 is 0 Å². The summed E-state index contributed by atoms with van der Waals surface area (Å²) in [4.78, 5) is 11.3. The van der Waals surface area contributed by atoms with Crippen molar-refractivity contribution in [3.63, 3.8) is 0 Å². The van der Waals surface area contributed by atoms with Crippen molar-refractivity contribution in [1.82, 2.24) is 0 Å². The first kappa shape index (κ1) is 9.45. The fourth-order valence-corrected chi connectivity index (χ4v) is 2.53. The Morgan fingerprint density at radius 1 is 1.36 bits per heavy atom. The Balaban J connectivity index is 2.55. The molecule has 0 aliphatic heterocycles. The van der Waals surface area contributed by atoms with Crippen LogP contribution in [-0.2, 0) is 16.6 Å². The SMILES string of the molecule is CC(C)C1(C=O)CCc2ccccc21. The van der Waals surface area contributed by atoms with Crippen LogP contribution >= 0.6 is 0 Å². The van der Waals surface area contributed by atoms with E-state index in [1.54, 1.807) is 0 Å². The molecule has 1 atom stereocenters. The lowest BCUT2D eigenvalue weighted by molar-refractivity contribution is -0.114. The molecule has 14 heavy (non-hydrogen) atoms. The molecule has 0 saturated heterocycles. The van der Waals surface area contributed by atoms with Crippen molar-refractivity contribution in [2.24, 2.45) is 5.92 Å². The zero-order valence-corrected chi connectivity index (χ0v) is 8.79. The minimum Gasteiger partial charge on any atom is -0.302 e. The Hall–Kier alpha value is -1.11. The highest BCUT2D eigenvalue weighted by Gasteiger charge is 2.40. The van der Waals surface area contributed by atoms with Crippen LogP contribution in [0.2, 0.25) is 0 Å². The number of benzene rings is 1. The molecule has 1 aromatic carbocycles. The fraction of sp³-hybridized carbons (Fsp3) is 0.462. The molecule has 1 heteroatoms. The van der Waals surface area contributed by atoms with E-state index in [-0.39, 0.29) is 5.41 Å². The lowest BCUT2D eigenvalue weighted by Crippen LogP contribution is -2.31. The molecule has 0 heterocycles. The van der Waals surface area contributed by atoms with Gasteiger partial charge in [0.15, 0.2) is 0 Å². The number of aldehydes is 1. The summed E-state index contributed by atoms with van der Waals surface area (Å²) < 4.78 is 0. The normalized spacial score (nSPS) is 25.1. The Bertz CT molecular complexity index is 354. The van der Waals surface area contributed by atoms with Crippen molar-refractivity contribution < 1.29 is 4.79 Å². The molecule has 74 valence electrons. The minimum atomic E-state index is -0.212. The number of aryl methyl sites for hydroxylation is 1. The van der Waals surface area contributed by atoms with E-state index in [4.69, 9.17) is 0 Å². The molecule has 1 aliphatic carbocycles. The van der Waals surface area contributed by atoms with Crippen molar-refractivity contribution in [3.05, 3.63) is 35.4 Å². The predicted molar refractivity (Wildman–Crippen MR) is 57.3 cm³/mol. The molecule has 0 radical (unpaired) electrons. The van der Waals surface area contributed by atoms with Crippen LogP contribution in [0.1, 0.15) is 31.4 Å². The summed E-state index contributed by atoms with van der Waals surface area (Å²) in [5, 5.41) is 0. The van der Waals surface area contributed by atoms with E-state index in [1.165, 1.54) is 11.1 Å². The first-order valence-electron chi connectivity index (χ1n) is 5.25. The third-order valence-corrected chi connectivity index (χ3v) is 3.57. The summed E-state index contributed by atoms with van der Waals surface area (Å²) in [7, 11) is 0. The van der Waals surface area contributed by atoms with E-state index in [2.05, 4.69) is 32.0 Å². The molecule has 0 aromatic heterocycles. The number of rotatable bonds is 2. The maximum Gasteiger partial charge on any atom is 0.130 e. The van der Waals surface area contributed by atoms with Crippen LogP contribution in [0, 0.1) is 5.92 Å². The molecular weight excluding hydrogens is 172 g/mol. The van der Waals surface area contributed by atoms with Gasteiger partial charge in [-0.15, -0.1) is 0 Å². The van der Waals surface area contributed by atoms with Crippen molar-refractivity contribution in [1.29, 1.82) is 0 Å². The molecule has 0 saturated carbocycles. The van der Waals surface area contributed by atoms with Crippen molar-refractivity contribution >= 4 is 6.29 Å². The average Bonchev–Trinajstić information content (AvgIpc) is 2.57. The van der Waals surface area contributed by atoms with Gasteiger partial charge in [0.2, 0.25) is 0 Å². The number of hydrogen-bond donors (Lipinski definition) is 0. The van der Waals surface area contributed by atoms with E-state index < -0.39 is 0 Å². The summed E-state index contributed by atoms with van der Waals surface area (Å²) in [5.41, 5.74) is 2.40. The maximum atomic E-state index is 11.3. The molecule has 0 N–H and O–H groups in total. The quantitative estimate of drug-likeness (QED) is 0.652. The second kappa shape index (κ2) is 3.23. The fourth-order valence-electron chi connectivity index (χ4n) is 2.53. The van der Waals surface area contributed by atoms with Gasteiger partial charge in [0, 0.05) is 0 Å². The topological polar surface area (TPSA) is 17.1 Å². The van der Waals surface area contributed by atoms with Gasteiger partial charge in [-0.25, -0.2) is 0 Å². The van der Waals surface area contributed by atoms with Gasteiger partial charge in [0.1, 0.15) is 6.29 Å². The van der Waals surface area contributed by atoms with Crippen LogP contribution in [0.3, 0.4) is 0 Å². The lowest BCUT2D eigenvalue weighted by atomic mass is 9.74. The van der Waals surface area contributed by atoms with Gasteiger partial charge in [-0.05, 0) is 29.9 Å². The largest absolute Gasteiger partial charge is 0.302 e. The highest BCUT2D eigenvalue weighted by molar-refractivity contribution is 5.72. The standard InChI is InChI=1S/C13H16O/c1-10(2)13(9-14)8-7-11-5-3-4-6-12(11)13/h3-6,9-10H,7-8H2,1-2H3. The summed E-state index contributed by atoms with van der Waals surface area (Å²) in [6, 6.07) is 8.34. The smallest absolute Gasteiger partial charge is 0.130 e.